The second-order valence-electron chi connectivity index (χ2n) is 5.49. The van der Waals surface area contributed by atoms with Gasteiger partial charge in [0.1, 0.15) is 0 Å². The number of hydrogen-bond donors (Lipinski definition) is 1. The van der Waals surface area contributed by atoms with Gasteiger partial charge in [-0.1, -0.05) is 0 Å². The molecule has 1 aliphatic rings. The summed E-state index contributed by atoms with van der Waals surface area (Å²) in [4.78, 5) is 8.73. The molecule has 0 unspecified atom stereocenters. The lowest BCUT2D eigenvalue weighted by Crippen LogP contribution is -2.56. The van der Waals surface area contributed by atoms with Crippen LogP contribution in [0.5, 0.6) is 0 Å². The lowest BCUT2D eigenvalue weighted by molar-refractivity contribution is 0.0683. The molecule has 100 valence electrons. The summed E-state index contributed by atoms with van der Waals surface area (Å²) in [6, 6.07) is 3.96. The van der Waals surface area contributed by atoms with Crippen LogP contribution in [0.25, 0.3) is 0 Å². The van der Waals surface area contributed by atoms with E-state index in [9.17, 15) is 0 Å². The summed E-state index contributed by atoms with van der Waals surface area (Å²) in [5.74, 6) is 0. The van der Waals surface area contributed by atoms with Gasteiger partial charge in [0, 0.05) is 31.0 Å². The van der Waals surface area contributed by atoms with Crippen molar-refractivity contribution in [3.8, 4) is 0 Å². The molecule has 1 heterocycles. The molecular formula is C14H23N3O. The standard InChI is InChI=1S/C14H23N3O/c1-16(2)14(6-4-7-14)11-17(3)13-5-8-15-12(9-13)10-18/h5,8-9,18H,4,6-7,10-11H2,1-3H3. The van der Waals surface area contributed by atoms with Gasteiger partial charge in [-0.25, -0.2) is 0 Å². The summed E-state index contributed by atoms with van der Waals surface area (Å²) in [5.41, 5.74) is 2.17. The Hall–Kier alpha value is -1.13. The average Bonchev–Trinajstić information content (AvgIpc) is 2.33. The van der Waals surface area contributed by atoms with E-state index >= 15 is 0 Å². The molecule has 18 heavy (non-hydrogen) atoms. The van der Waals surface area contributed by atoms with Crippen molar-refractivity contribution in [2.45, 2.75) is 31.4 Å². The highest BCUT2D eigenvalue weighted by Crippen LogP contribution is 2.37. The molecule has 1 aromatic heterocycles. The molecule has 0 amide bonds. The van der Waals surface area contributed by atoms with Crippen LogP contribution in [0.1, 0.15) is 25.0 Å². The quantitative estimate of drug-likeness (QED) is 0.858. The Labute approximate surface area is 109 Å². The Balaban J connectivity index is 2.09. The second-order valence-corrected chi connectivity index (χ2v) is 5.49. The van der Waals surface area contributed by atoms with Crippen LogP contribution < -0.4 is 4.90 Å². The van der Waals surface area contributed by atoms with Gasteiger partial charge in [-0.15, -0.1) is 0 Å². The highest BCUT2D eigenvalue weighted by Gasteiger charge is 2.39. The van der Waals surface area contributed by atoms with Gasteiger partial charge in [-0.05, 0) is 45.5 Å². The molecule has 1 fully saturated rings. The molecule has 2 rings (SSSR count). The average molecular weight is 249 g/mol. The summed E-state index contributed by atoms with van der Waals surface area (Å²) < 4.78 is 0. The van der Waals surface area contributed by atoms with E-state index in [1.807, 2.05) is 12.1 Å². The third-order valence-corrected chi connectivity index (χ3v) is 4.17. The molecule has 0 bridgehead atoms. The van der Waals surface area contributed by atoms with Crippen molar-refractivity contribution in [2.24, 2.45) is 0 Å². The number of nitrogens with zero attached hydrogens (tertiary/aromatic N) is 3. The highest BCUT2D eigenvalue weighted by molar-refractivity contribution is 5.46. The van der Waals surface area contributed by atoms with E-state index in [2.05, 4.69) is 35.9 Å². The Morgan fingerprint density at radius 3 is 2.56 bits per heavy atom. The molecule has 0 saturated heterocycles. The predicted molar refractivity (Wildman–Crippen MR) is 73.7 cm³/mol. The van der Waals surface area contributed by atoms with Crippen molar-refractivity contribution >= 4 is 5.69 Å². The molecule has 4 heteroatoms. The molecule has 1 saturated carbocycles. The van der Waals surface area contributed by atoms with Gasteiger partial charge in [0.2, 0.25) is 0 Å². The SMILES string of the molecule is CN(CC1(N(C)C)CCC1)c1ccnc(CO)c1. The maximum atomic E-state index is 9.13. The Morgan fingerprint density at radius 1 is 1.33 bits per heavy atom. The van der Waals surface area contributed by atoms with E-state index in [1.165, 1.54) is 19.3 Å². The van der Waals surface area contributed by atoms with E-state index < -0.39 is 0 Å². The number of hydrogen-bond acceptors (Lipinski definition) is 4. The number of likely N-dealkylation sites (N-methyl/N-ethyl adjacent to an activating group) is 2. The zero-order chi connectivity index (χ0) is 13.2. The molecule has 1 aliphatic carbocycles. The van der Waals surface area contributed by atoms with Gasteiger partial charge in [0.25, 0.3) is 0 Å². The normalized spacial score (nSPS) is 17.6. The van der Waals surface area contributed by atoms with E-state index in [4.69, 9.17) is 5.11 Å². The number of aliphatic hydroxyl groups is 1. The number of pyridine rings is 1. The fraction of sp³-hybridized carbons (Fsp3) is 0.643. The summed E-state index contributed by atoms with van der Waals surface area (Å²) in [6.45, 7) is 1.02. The van der Waals surface area contributed by atoms with Crippen LogP contribution in [0.15, 0.2) is 18.3 Å². The number of aromatic nitrogens is 1. The Bertz CT molecular complexity index is 402. The third-order valence-electron chi connectivity index (χ3n) is 4.17. The van der Waals surface area contributed by atoms with Crippen LogP contribution in [0.2, 0.25) is 0 Å². The zero-order valence-electron chi connectivity index (χ0n) is 11.6. The van der Waals surface area contributed by atoms with Gasteiger partial charge in [0.15, 0.2) is 0 Å². The minimum atomic E-state index is 0.000499. The van der Waals surface area contributed by atoms with Crippen molar-refractivity contribution in [2.75, 3.05) is 32.6 Å². The number of aliphatic hydroxyl groups excluding tert-OH is 1. The van der Waals surface area contributed by atoms with Crippen LogP contribution in [0.3, 0.4) is 0 Å². The summed E-state index contributed by atoms with van der Waals surface area (Å²) in [5, 5.41) is 9.13. The lowest BCUT2D eigenvalue weighted by Gasteiger charge is -2.49. The van der Waals surface area contributed by atoms with Crippen molar-refractivity contribution in [3.05, 3.63) is 24.0 Å². The van der Waals surface area contributed by atoms with E-state index in [0.717, 1.165) is 17.9 Å². The van der Waals surface area contributed by atoms with Gasteiger partial charge in [0.05, 0.1) is 12.3 Å². The molecule has 1 aromatic rings. The van der Waals surface area contributed by atoms with Gasteiger partial charge >= 0.3 is 0 Å². The van der Waals surface area contributed by atoms with Crippen LogP contribution in [0.4, 0.5) is 5.69 Å². The monoisotopic (exact) mass is 249 g/mol. The van der Waals surface area contributed by atoms with Crippen LogP contribution in [0, 0.1) is 0 Å². The fourth-order valence-electron chi connectivity index (χ4n) is 2.65. The van der Waals surface area contributed by atoms with Crippen molar-refractivity contribution in [1.29, 1.82) is 0 Å². The second kappa shape index (κ2) is 5.24. The van der Waals surface area contributed by atoms with Crippen LogP contribution in [-0.4, -0.2) is 48.2 Å². The van der Waals surface area contributed by atoms with Gasteiger partial charge in [-0.2, -0.15) is 0 Å². The minimum Gasteiger partial charge on any atom is -0.390 e. The highest BCUT2D eigenvalue weighted by atomic mass is 16.3. The summed E-state index contributed by atoms with van der Waals surface area (Å²) in [7, 11) is 6.44. The molecule has 4 nitrogen and oxygen atoms in total. The first-order chi connectivity index (χ1) is 8.57. The summed E-state index contributed by atoms with van der Waals surface area (Å²) >= 11 is 0. The lowest BCUT2D eigenvalue weighted by atomic mass is 9.75. The Kier molecular flexibility index (Phi) is 3.88. The first-order valence-electron chi connectivity index (χ1n) is 6.52. The topological polar surface area (TPSA) is 39.6 Å². The largest absolute Gasteiger partial charge is 0.390 e. The molecule has 0 radical (unpaired) electrons. The van der Waals surface area contributed by atoms with Crippen LogP contribution in [-0.2, 0) is 6.61 Å². The third kappa shape index (κ3) is 2.49. The van der Waals surface area contributed by atoms with Gasteiger partial charge in [-0.3, -0.25) is 4.98 Å². The minimum absolute atomic E-state index is 0.000499. The number of rotatable bonds is 5. The molecule has 0 aliphatic heterocycles. The van der Waals surface area contributed by atoms with Gasteiger partial charge < -0.3 is 14.9 Å². The van der Waals surface area contributed by atoms with E-state index in [-0.39, 0.29) is 6.61 Å². The summed E-state index contributed by atoms with van der Waals surface area (Å²) in [6.07, 6.45) is 5.62. The first kappa shape index (κ1) is 13.3. The van der Waals surface area contributed by atoms with Crippen molar-refractivity contribution in [1.82, 2.24) is 9.88 Å². The first-order valence-corrected chi connectivity index (χ1v) is 6.52. The molecule has 0 spiro atoms. The molecule has 0 atom stereocenters. The molecular weight excluding hydrogens is 226 g/mol. The molecule has 1 N–H and O–H groups in total. The fourth-order valence-corrected chi connectivity index (χ4v) is 2.65. The van der Waals surface area contributed by atoms with E-state index in [0.29, 0.717) is 5.54 Å². The number of anilines is 1. The van der Waals surface area contributed by atoms with Crippen molar-refractivity contribution in [3.63, 3.8) is 0 Å². The smallest absolute Gasteiger partial charge is 0.0853 e. The predicted octanol–water partition coefficient (Wildman–Crippen LogP) is 1.49. The Morgan fingerprint density at radius 2 is 2.06 bits per heavy atom. The van der Waals surface area contributed by atoms with Crippen LogP contribution >= 0.6 is 0 Å². The zero-order valence-corrected chi connectivity index (χ0v) is 11.6. The maximum absolute atomic E-state index is 9.13. The molecule has 0 aromatic carbocycles. The van der Waals surface area contributed by atoms with Crippen molar-refractivity contribution < 1.29 is 5.11 Å². The van der Waals surface area contributed by atoms with E-state index in [1.54, 1.807) is 6.20 Å². The maximum Gasteiger partial charge on any atom is 0.0853 e.